The summed E-state index contributed by atoms with van der Waals surface area (Å²) in [6, 6.07) is 17.8. The van der Waals surface area contributed by atoms with Crippen LogP contribution in [0.5, 0.6) is 0 Å². The molecule has 75 heavy (non-hydrogen) atoms. The van der Waals surface area contributed by atoms with Gasteiger partial charge in [0.15, 0.2) is 23.1 Å². The molecule has 0 unspecified atom stereocenters. The quantitative estimate of drug-likeness (QED) is 0.0249. The fourth-order valence-electron chi connectivity index (χ4n) is 6.03. The fraction of sp³-hybridized carbons (Fsp3) is 0.302. The first-order valence-corrected chi connectivity index (χ1v) is 26.5. The molecule has 6 rings (SSSR count). The van der Waals surface area contributed by atoms with Gasteiger partial charge in [-0.25, -0.2) is 25.4 Å². The molecule has 0 aliphatic carbocycles. The van der Waals surface area contributed by atoms with Crippen molar-refractivity contribution in [2.75, 3.05) is 5.43 Å². The summed E-state index contributed by atoms with van der Waals surface area (Å²) >= 11 is 3.04. The maximum atomic E-state index is 14.0. The zero-order valence-electron chi connectivity index (χ0n) is 40.5. The van der Waals surface area contributed by atoms with Gasteiger partial charge in [0.1, 0.15) is 28.6 Å². The number of fused-ring (bicyclic) bond motifs is 2. The van der Waals surface area contributed by atoms with Crippen molar-refractivity contribution in [1.82, 2.24) is 9.97 Å². The van der Waals surface area contributed by atoms with Crippen LogP contribution < -0.4 is 11.3 Å². The molecular weight excluding hydrogens is 1270 g/mol. The van der Waals surface area contributed by atoms with Crippen LogP contribution in [-0.2, 0) is 63.5 Å². The zero-order chi connectivity index (χ0) is 56.4. The van der Waals surface area contributed by atoms with Crippen molar-refractivity contribution in [3.63, 3.8) is 0 Å². The Bertz CT molecular complexity index is 3100. The number of ketones is 4. The molecule has 0 atom stereocenters. The number of benzene rings is 2. The van der Waals surface area contributed by atoms with E-state index in [0.717, 1.165) is 55.6 Å². The van der Waals surface area contributed by atoms with Crippen molar-refractivity contribution in [3.05, 3.63) is 100 Å². The number of carbonyl (C=O) groups excluding carboxylic acids is 4. The van der Waals surface area contributed by atoms with Gasteiger partial charge in [-0.05, 0) is 107 Å². The number of pyridine rings is 2. The molecule has 22 nitrogen and oxygen atoms in total. The molecular formula is C43H50B2FN6O16S6W. The molecule has 0 aliphatic rings. The molecule has 0 amide bonds. The minimum atomic E-state index is -3.11. The van der Waals surface area contributed by atoms with E-state index in [1.54, 1.807) is 47.7 Å². The number of rotatable bonds is 15. The molecule has 0 aliphatic heterocycles. The van der Waals surface area contributed by atoms with Crippen molar-refractivity contribution in [2.24, 2.45) is 5.84 Å². The van der Waals surface area contributed by atoms with Gasteiger partial charge in [-0.3, -0.25) is 25.0 Å². The number of nitrogens with zero attached hydrogens (tertiary/aromatic N) is 2. The standard InChI is InChI=1S/C21H20FNO2S.C21H23N3O2S.CH3B.B.H2N2.4O3S.W.H2/c1-3-5-19(24)17-11-13(12-18(23-17)20(25)6-4-2)14-7-8-16(22)15-9-10-26-21(14)15;1-3-5-19(25)17-11-13(12-18(23-17)20(26)6-4-2)14-7-8-16(24-22)15-9-10-27-21(14)15;1-2;;1-2;4*1-4(2)3;;/h7-12H,3-6H2,1-2H3;7-12,24H,3-6,22H2,1-2H3;1H3;;1-2H;;;;;;1H. The van der Waals surface area contributed by atoms with Crippen molar-refractivity contribution in [3.8, 4) is 22.3 Å². The van der Waals surface area contributed by atoms with Crippen LogP contribution in [-0.4, -0.2) is 99.9 Å². The van der Waals surface area contributed by atoms with Crippen LogP contribution in [0.3, 0.4) is 0 Å². The maximum absolute atomic E-state index is 14.0. The van der Waals surface area contributed by atoms with E-state index in [1.807, 2.05) is 56.7 Å². The number of anilines is 1. The number of nitrogen functional groups attached to an aromatic ring is 1. The maximum Gasteiger partial charge on any atom is 0.425 e. The molecule has 5 radical (unpaired) electrons. The largest absolute Gasteiger partial charge is 0.425 e. The summed E-state index contributed by atoms with van der Waals surface area (Å²) in [5.74, 6) is 5.11. The Morgan fingerprint density at radius 2 is 0.813 bits per heavy atom. The van der Waals surface area contributed by atoms with Crippen molar-refractivity contribution in [1.29, 1.82) is 11.1 Å². The Morgan fingerprint density at radius 1 is 0.547 bits per heavy atom. The first-order valence-electron chi connectivity index (χ1n) is 20.8. The van der Waals surface area contributed by atoms with Gasteiger partial charge < -0.3 is 5.43 Å². The second-order valence-electron chi connectivity index (χ2n) is 13.5. The van der Waals surface area contributed by atoms with Crippen LogP contribution in [0.2, 0.25) is 6.82 Å². The number of hydrazine groups is 1. The summed E-state index contributed by atoms with van der Waals surface area (Å²) in [6.45, 7) is 9.28. The zero-order valence-corrected chi connectivity index (χ0v) is 48.3. The fourth-order valence-corrected chi connectivity index (χ4v) is 7.94. The van der Waals surface area contributed by atoms with Crippen LogP contribution in [0.25, 0.3) is 42.4 Å². The third-order valence-corrected chi connectivity index (χ3v) is 10.6. The number of carbonyl (C=O) groups is 4. The predicted octanol–water partition coefficient (Wildman–Crippen LogP) is 7.93. The van der Waals surface area contributed by atoms with E-state index in [9.17, 15) is 23.6 Å². The van der Waals surface area contributed by atoms with Crippen LogP contribution in [0.4, 0.5) is 10.1 Å². The van der Waals surface area contributed by atoms with E-state index in [4.69, 9.17) is 67.4 Å². The normalized spacial score (nSPS) is 9.16. The van der Waals surface area contributed by atoms with Gasteiger partial charge in [-0.1, -0.05) is 46.7 Å². The Kier molecular flexibility index (Phi) is 42.4. The number of hydrogen-bond donors (Lipinski definition) is 4. The van der Waals surface area contributed by atoms with Gasteiger partial charge in [0.2, 0.25) is 0 Å². The van der Waals surface area contributed by atoms with E-state index in [2.05, 4.69) is 23.2 Å². The van der Waals surface area contributed by atoms with Crippen LogP contribution >= 0.6 is 22.7 Å². The monoisotopic (exact) mass is 1320 g/mol. The number of halogens is 1. The Balaban J connectivity index is -0.000000318. The Labute approximate surface area is 464 Å². The van der Waals surface area contributed by atoms with Crippen LogP contribution in [0.15, 0.2) is 71.4 Å². The minimum absolute atomic E-state index is 0. The van der Waals surface area contributed by atoms with Crippen molar-refractivity contribution in [2.45, 2.75) is 85.9 Å². The molecule has 0 saturated carbocycles. The number of thiophene rings is 2. The molecule has 4 heterocycles. The molecule has 4 aromatic heterocycles. The first-order chi connectivity index (χ1) is 34.6. The van der Waals surface area contributed by atoms with E-state index < -0.39 is 42.4 Å². The van der Waals surface area contributed by atoms with Gasteiger partial charge >= 0.3 is 42.4 Å². The molecule has 6 aromatic rings. The second kappa shape index (κ2) is 42.2. The third-order valence-electron chi connectivity index (χ3n) is 8.66. The van der Waals surface area contributed by atoms with Gasteiger partial charge in [-0.2, -0.15) is 0 Å². The van der Waals surface area contributed by atoms with Crippen molar-refractivity contribution < 1.29 is 96.6 Å². The number of Topliss-reactive ketones (excluding diaryl/α,β-unsaturated/α-hetero) is 4. The summed E-state index contributed by atoms with van der Waals surface area (Å²) in [5.41, 5.74) is 18.2. The average Bonchev–Trinajstić information content (AvgIpc) is 4.05. The van der Waals surface area contributed by atoms with E-state index in [0.29, 0.717) is 66.7 Å². The predicted molar refractivity (Wildman–Crippen MR) is 279 cm³/mol. The van der Waals surface area contributed by atoms with Gasteiger partial charge in [0, 0.05) is 76.8 Å². The van der Waals surface area contributed by atoms with Gasteiger partial charge in [0.05, 0.1) is 13.5 Å². The molecule has 0 saturated heterocycles. The van der Waals surface area contributed by atoms with E-state index in [1.165, 1.54) is 24.2 Å². The Hall–Kier alpha value is -6.07. The van der Waals surface area contributed by atoms with Gasteiger partial charge in [0.25, 0.3) is 0 Å². The molecule has 2 aromatic carbocycles. The Morgan fingerprint density at radius 3 is 1.09 bits per heavy atom. The summed E-state index contributed by atoms with van der Waals surface area (Å²) in [6.07, 6.45) is 4.53. The van der Waals surface area contributed by atoms with E-state index in [-0.39, 0.29) is 59.9 Å². The average molecular weight is 1320 g/mol. The number of nitrogens with one attached hydrogen (secondary N) is 3. The molecule has 5 N–H and O–H groups in total. The van der Waals surface area contributed by atoms with E-state index >= 15 is 0 Å². The number of nitrogens with two attached hydrogens (primary N) is 1. The molecule has 403 valence electrons. The van der Waals surface area contributed by atoms with Crippen LogP contribution in [0, 0.1) is 16.9 Å². The van der Waals surface area contributed by atoms with Gasteiger partial charge in [-0.15, -0.1) is 73.2 Å². The SMILES string of the molecule is CCCC(=O)c1cc(-c2ccc(F)c3ccsc23)cc(C(=O)CCC)n1.CCCC(=O)c1cc(-c2ccc(NN)c3ccsc23)cc(C(=O)CCC)n1.N=N.O=S(=O)=O.O=S(=O)=O.O=S(=O)=O.O=S(=O)=O.[B].[B]C.[HH].[W]. The molecule has 0 bridgehead atoms. The topological polar surface area (TPSA) is 385 Å². The van der Waals surface area contributed by atoms with Crippen LogP contribution in [0.1, 0.15) is 122 Å². The molecule has 32 heteroatoms. The third kappa shape index (κ3) is 28.4. The first kappa shape index (κ1) is 75.4. The minimum Gasteiger partial charge on any atom is -0.323 e. The summed E-state index contributed by atoms with van der Waals surface area (Å²) in [4.78, 5) is 58.4. The summed E-state index contributed by atoms with van der Waals surface area (Å²) in [5, 5.41) is 5.40. The molecule has 0 spiro atoms. The summed E-state index contributed by atoms with van der Waals surface area (Å²) in [7, 11) is -7.94. The molecule has 0 fully saturated rings. The number of aromatic nitrogens is 2. The summed E-state index contributed by atoms with van der Waals surface area (Å²) < 4.78 is 117. The van der Waals surface area contributed by atoms with Crippen molar-refractivity contribution >= 4 is 130 Å². The smallest absolute Gasteiger partial charge is 0.323 e. The second-order valence-corrected chi connectivity index (χ2v) is 17.0. The number of hydrogen-bond acceptors (Lipinski definition) is 24.